The molecular formula is C14H17NO2S. The number of anilines is 1. The molecule has 1 aliphatic heterocycles. The van der Waals surface area contributed by atoms with Crippen molar-refractivity contribution < 1.29 is 9.84 Å². The molecule has 0 fully saturated rings. The van der Waals surface area contributed by atoms with E-state index in [1.807, 2.05) is 37.1 Å². The minimum atomic E-state index is 0.295. The number of aliphatic hydroxyl groups excluding tert-OH is 1. The zero-order valence-electron chi connectivity index (χ0n) is 10.6. The van der Waals surface area contributed by atoms with E-state index in [4.69, 9.17) is 17.0 Å². The maximum Gasteiger partial charge on any atom is 0.143 e. The van der Waals surface area contributed by atoms with E-state index in [1.54, 1.807) is 6.08 Å². The van der Waals surface area contributed by atoms with Gasteiger partial charge in [-0.25, -0.2) is 0 Å². The van der Waals surface area contributed by atoms with Crippen LogP contribution in [0.5, 0.6) is 5.75 Å². The third kappa shape index (κ3) is 2.48. The van der Waals surface area contributed by atoms with Gasteiger partial charge in [0.25, 0.3) is 0 Å². The van der Waals surface area contributed by atoms with Crippen molar-refractivity contribution in [3.05, 3.63) is 29.8 Å². The van der Waals surface area contributed by atoms with Crippen LogP contribution >= 0.6 is 12.2 Å². The minimum absolute atomic E-state index is 0.295. The molecule has 0 unspecified atom stereocenters. The second kappa shape index (κ2) is 5.40. The Hall–Kier alpha value is -1.55. The van der Waals surface area contributed by atoms with E-state index in [9.17, 15) is 5.11 Å². The molecule has 1 aromatic carbocycles. The molecular weight excluding hydrogens is 246 g/mol. The number of allylic oxidation sites excluding steroid dienone is 1. The standard InChI is InChI=1S/C14H17NO2S/c1-3-4-12(16)10-5-6-13-11(9-10)15(2)14(18)7-8-17-13/h4-6,9,16H,3,7-8H2,1-2H3/b12-4-. The highest BCUT2D eigenvalue weighted by molar-refractivity contribution is 7.80. The minimum Gasteiger partial charge on any atom is -0.508 e. The fourth-order valence-corrected chi connectivity index (χ4v) is 2.10. The first-order valence-corrected chi connectivity index (χ1v) is 6.47. The van der Waals surface area contributed by atoms with Gasteiger partial charge in [0.15, 0.2) is 0 Å². The van der Waals surface area contributed by atoms with Crippen LogP contribution in [0.4, 0.5) is 5.69 Å². The van der Waals surface area contributed by atoms with Crippen LogP contribution in [0.3, 0.4) is 0 Å². The van der Waals surface area contributed by atoms with E-state index in [2.05, 4.69) is 0 Å². The number of aliphatic hydroxyl groups is 1. The zero-order chi connectivity index (χ0) is 13.1. The lowest BCUT2D eigenvalue weighted by molar-refractivity contribution is 0.334. The largest absolute Gasteiger partial charge is 0.508 e. The van der Waals surface area contributed by atoms with Gasteiger partial charge in [0.2, 0.25) is 0 Å². The Balaban J connectivity index is 2.44. The number of nitrogens with zero attached hydrogens (tertiary/aromatic N) is 1. The number of fused-ring (bicyclic) bond motifs is 1. The van der Waals surface area contributed by atoms with Crippen LogP contribution in [-0.2, 0) is 0 Å². The van der Waals surface area contributed by atoms with E-state index in [1.165, 1.54) is 0 Å². The number of ether oxygens (including phenoxy) is 1. The molecule has 0 amide bonds. The molecule has 0 spiro atoms. The predicted octanol–water partition coefficient (Wildman–Crippen LogP) is 3.54. The molecule has 0 aliphatic carbocycles. The van der Waals surface area contributed by atoms with Crippen molar-refractivity contribution in [3.63, 3.8) is 0 Å². The van der Waals surface area contributed by atoms with Gasteiger partial charge in [0.05, 0.1) is 17.3 Å². The van der Waals surface area contributed by atoms with Crippen molar-refractivity contribution in [2.45, 2.75) is 19.8 Å². The van der Waals surface area contributed by atoms with Gasteiger partial charge in [-0.05, 0) is 30.7 Å². The first kappa shape index (κ1) is 12.9. The Labute approximate surface area is 113 Å². The molecule has 0 radical (unpaired) electrons. The van der Waals surface area contributed by atoms with Crippen LogP contribution in [-0.4, -0.2) is 23.7 Å². The Morgan fingerprint density at radius 3 is 3.06 bits per heavy atom. The quantitative estimate of drug-likeness (QED) is 0.653. The SMILES string of the molecule is CC/C=C(\O)c1ccc2c(c1)N(C)C(=S)CCO2. The van der Waals surface area contributed by atoms with E-state index in [-0.39, 0.29) is 0 Å². The molecule has 3 nitrogen and oxygen atoms in total. The average Bonchev–Trinajstić information content (AvgIpc) is 2.50. The molecule has 96 valence electrons. The van der Waals surface area contributed by atoms with Crippen LogP contribution in [0.1, 0.15) is 25.3 Å². The third-order valence-corrected chi connectivity index (χ3v) is 3.44. The Kier molecular flexibility index (Phi) is 3.87. The summed E-state index contributed by atoms with van der Waals surface area (Å²) in [7, 11) is 1.93. The number of hydrogen-bond donors (Lipinski definition) is 1. The second-order valence-corrected chi connectivity index (χ2v) is 4.70. The maximum atomic E-state index is 9.91. The summed E-state index contributed by atoms with van der Waals surface area (Å²) in [5, 5.41) is 9.91. The highest BCUT2D eigenvalue weighted by Gasteiger charge is 2.18. The molecule has 0 saturated heterocycles. The summed E-state index contributed by atoms with van der Waals surface area (Å²) in [4.78, 5) is 2.80. The first-order chi connectivity index (χ1) is 8.63. The lowest BCUT2D eigenvalue weighted by Crippen LogP contribution is -2.23. The fourth-order valence-electron chi connectivity index (χ4n) is 1.92. The molecule has 0 bridgehead atoms. The Bertz CT molecular complexity index is 497. The molecule has 0 saturated carbocycles. The monoisotopic (exact) mass is 263 g/mol. The van der Waals surface area contributed by atoms with Crippen LogP contribution in [0.15, 0.2) is 24.3 Å². The normalized spacial score (nSPS) is 16.0. The Morgan fingerprint density at radius 1 is 1.56 bits per heavy atom. The fraction of sp³-hybridized carbons (Fsp3) is 0.357. The molecule has 0 atom stereocenters. The summed E-state index contributed by atoms with van der Waals surface area (Å²) >= 11 is 5.32. The molecule has 1 heterocycles. The molecule has 4 heteroatoms. The summed E-state index contributed by atoms with van der Waals surface area (Å²) in [5.41, 5.74) is 1.70. The lowest BCUT2D eigenvalue weighted by atomic mass is 10.1. The lowest BCUT2D eigenvalue weighted by Gasteiger charge is -2.19. The number of thiocarbonyl (C=S) groups is 1. The van der Waals surface area contributed by atoms with Gasteiger partial charge in [0.1, 0.15) is 11.5 Å². The summed E-state index contributed by atoms with van der Waals surface area (Å²) in [6.45, 7) is 2.59. The van der Waals surface area contributed by atoms with E-state index < -0.39 is 0 Å². The average molecular weight is 263 g/mol. The first-order valence-electron chi connectivity index (χ1n) is 6.06. The summed E-state index contributed by atoms with van der Waals surface area (Å²) in [5.74, 6) is 1.11. The smallest absolute Gasteiger partial charge is 0.143 e. The Morgan fingerprint density at radius 2 is 2.33 bits per heavy atom. The summed E-state index contributed by atoms with van der Waals surface area (Å²) in [6, 6.07) is 5.66. The van der Waals surface area contributed by atoms with Crippen LogP contribution in [0, 0.1) is 0 Å². The van der Waals surface area contributed by atoms with Gasteiger partial charge >= 0.3 is 0 Å². The van der Waals surface area contributed by atoms with E-state index in [0.29, 0.717) is 12.4 Å². The van der Waals surface area contributed by atoms with Gasteiger partial charge in [-0.1, -0.05) is 19.1 Å². The van der Waals surface area contributed by atoms with E-state index >= 15 is 0 Å². The van der Waals surface area contributed by atoms with Gasteiger partial charge in [-0.3, -0.25) is 0 Å². The van der Waals surface area contributed by atoms with Gasteiger partial charge in [0, 0.05) is 19.0 Å². The summed E-state index contributed by atoms with van der Waals surface area (Å²) < 4.78 is 5.65. The highest BCUT2D eigenvalue weighted by Crippen LogP contribution is 2.33. The molecule has 1 N–H and O–H groups in total. The molecule has 1 aliphatic rings. The maximum absolute atomic E-state index is 9.91. The van der Waals surface area contributed by atoms with Crippen LogP contribution < -0.4 is 9.64 Å². The van der Waals surface area contributed by atoms with Crippen molar-refractivity contribution in [2.75, 3.05) is 18.6 Å². The molecule has 18 heavy (non-hydrogen) atoms. The van der Waals surface area contributed by atoms with Gasteiger partial charge in [-0.2, -0.15) is 0 Å². The van der Waals surface area contributed by atoms with Crippen LogP contribution in [0.2, 0.25) is 0 Å². The molecule has 0 aromatic heterocycles. The molecule has 1 aromatic rings. The van der Waals surface area contributed by atoms with Crippen LogP contribution in [0.25, 0.3) is 5.76 Å². The van der Waals surface area contributed by atoms with Crippen molar-refractivity contribution in [1.29, 1.82) is 0 Å². The van der Waals surface area contributed by atoms with Crippen molar-refractivity contribution in [2.24, 2.45) is 0 Å². The molecule has 2 rings (SSSR count). The van der Waals surface area contributed by atoms with Gasteiger partial charge < -0.3 is 14.7 Å². The number of benzene rings is 1. The van der Waals surface area contributed by atoms with Crippen molar-refractivity contribution in [1.82, 2.24) is 0 Å². The van der Waals surface area contributed by atoms with Gasteiger partial charge in [-0.15, -0.1) is 0 Å². The highest BCUT2D eigenvalue weighted by atomic mass is 32.1. The van der Waals surface area contributed by atoms with Crippen molar-refractivity contribution in [3.8, 4) is 5.75 Å². The number of rotatable bonds is 2. The zero-order valence-corrected chi connectivity index (χ0v) is 11.5. The van der Waals surface area contributed by atoms with Crippen molar-refractivity contribution >= 4 is 28.7 Å². The topological polar surface area (TPSA) is 32.7 Å². The second-order valence-electron chi connectivity index (χ2n) is 4.23. The third-order valence-electron chi connectivity index (χ3n) is 2.96. The number of hydrogen-bond acceptors (Lipinski definition) is 3. The predicted molar refractivity (Wildman–Crippen MR) is 78.5 cm³/mol. The summed E-state index contributed by atoms with van der Waals surface area (Å²) in [6.07, 6.45) is 3.33. The van der Waals surface area contributed by atoms with E-state index in [0.717, 1.165) is 34.8 Å².